The van der Waals surface area contributed by atoms with Gasteiger partial charge in [-0.05, 0) is 83.1 Å². The van der Waals surface area contributed by atoms with Gasteiger partial charge < -0.3 is 29.2 Å². The Bertz CT molecular complexity index is 1180. The van der Waals surface area contributed by atoms with Gasteiger partial charge in [-0.3, -0.25) is 9.59 Å². The maximum Gasteiger partial charge on any atom is 0.334 e. The fourth-order valence-corrected chi connectivity index (χ4v) is 3.10. The number of carbonyl (C=O) groups excluding carboxylic acids is 4. The van der Waals surface area contributed by atoms with E-state index in [4.69, 9.17) is 18.9 Å². The van der Waals surface area contributed by atoms with Gasteiger partial charge in [0.25, 0.3) is 0 Å². The Balaban J connectivity index is 1.68. The Morgan fingerprint density at radius 3 is 1.44 bits per heavy atom. The van der Waals surface area contributed by atoms with Crippen molar-refractivity contribution in [1.29, 1.82) is 0 Å². The summed E-state index contributed by atoms with van der Waals surface area (Å²) in [5.74, 6) is -1.37. The maximum atomic E-state index is 12.1. The smallest absolute Gasteiger partial charge is 0.334 e. The Labute approximate surface area is 227 Å². The van der Waals surface area contributed by atoms with Crippen molar-refractivity contribution in [2.24, 2.45) is 0 Å². The van der Waals surface area contributed by atoms with Crippen molar-refractivity contribution in [3.63, 3.8) is 0 Å². The molecule has 0 aliphatic heterocycles. The quantitative estimate of drug-likeness (QED) is 0.158. The molecule has 2 aromatic rings. The van der Waals surface area contributed by atoms with E-state index in [1.165, 1.54) is 58.9 Å². The first kappa shape index (κ1) is 31.2. The lowest BCUT2D eigenvalue weighted by atomic mass is 9.97. The first-order valence-corrected chi connectivity index (χ1v) is 12.2. The molecule has 39 heavy (non-hydrogen) atoms. The molecule has 10 heteroatoms. The number of esters is 2. The predicted octanol–water partition coefficient (Wildman–Crippen LogP) is 3.08. The number of ketones is 2. The van der Waals surface area contributed by atoms with Gasteiger partial charge >= 0.3 is 11.9 Å². The summed E-state index contributed by atoms with van der Waals surface area (Å²) < 4.78 is 21.0. The summed E-state index contributed by atoms with van der Waals surface area (Å²) in [6.45, 7) is 7.00. The molecular weight excluding hydrogens is 508 g/mol. The molecule has 0 amide bonds. The van der Waals surface area contributed by atoms with Gasteiger partial charge in [-0.1, -0.05) is 0 Å². The summed E-state index contributed by atoms with van der Waals surface area (Å²) in [7, 11) is 0. The van der Waals surface area contributed by atoms with E-state index in [-0.39, 0.29) is 32.0 Å². The van der Waals surface area contributed by atoms with Crippen LogP contribution in [0.2, 0.25) is 0 Å². The van der Waals surface area contributed by atoms with Gasteiger partial charge in [0, 0.05) is 22.8 Å². The Morgan fingerprint density at radius 1 is 0.667 bits per heavy atom. The summed E-state index contributed by atoms with van der Waals surface area (Å²) in [5, 5.41) is 19.6. The van der Waals surface area contributed by atoms with Crippen LogP contribution in [0.15, 0.2) is 60.2 Å². The molecule has 10 nitrogen and oxygen atoms in total. The van der Waals surface area contributed by atoms with E-state index in [1.54, 1.807) is 24.3 Å². The first-order chi connectivity index (χ1) is 18.2. The minimum absolute atomic E-state index is 0.0439. The van der Waals surface area contributed by atoms with Crippen LogP contribution in [-0.4, -0.2) is 71.3 Å². The second-order valence-electron chi connectivity index (χ2n) is 9.65. The number of benzene rings is 2. The summed E-state index contributed by atoms with van der Waals surface area (Å²) in [6.07, 6.45) is 1.01. The average molecular weight is 543 g/mol. The Morgan fingerprint density at radius 2 is 1.05 bits per heavy atom. The van der Waals surface area contributed by atoms with Crippen LogP contribution in [0.25, 0.3) is 0 Å². The zero-order chi connectivity index (χ0) is 29.2. The summed E-state index contributed by atoms with van der Waals surface area (Å²) in [6, 6.07) is 12.4. The van der Waals surface area contributed by atoms with Crippen molar-refractivity contribution in [3.05, 3.63) is 71.3 Å². The second kappa shape index (κ2) is 13.7. The Hall–Kier alpha value is -4.02. The summed E-state index contributed by atoms with van der Waals surface area (Å²) in [5.41, 5.74) is -2.22. The highest BCUT2D eigenvalue weighted by Crippen LogP contribution is 2.18. The highest BCUT2D eigenvalue weighted by molar-refractivity contribution is 6.02. The van der Waals surface area contributed by atoms with Crippen LogP contribution in [0.4, 0.5) is 0 Å². The molecule has 0 unspecified atom stereocenters. The predicted molar refractivity (Wildman–Crippen MR) is 141 cm³/mol. The zero-order valence-corrected chi connectivity index (χ0v) is 22.7. The number of rotatable bonds is 14. The molecule has 0 aromatic heterocycles. The van der Waals surface area contributed by atoms with Crippen molar-refractivity contribution < 1.29 is 48.3 Å². The summed E-state index contributed by atoms with van der Waals surface area (Å²) >= 11 is 0. The third kappa shape index (κ3) is 10.3. The standard InChI is InChI=1S/C29H34O10/c1-19(27(33)39-17-15-37-23-12-8-21(9-13-23)26(32)29(4,5)35)18-24(30)38-16-14-36-22-10-6-20(7-11-22)25(31)28(2,3)34/h6-13,18,34-35H,14-17H2,1-5H3/b19-18-. The molecule has 0 aliphatic carbocycles. The van der Waals surface area contributed by atoms with Gasteiger partial charge in [0.1, 0.15) is 49.1 Å². The van der Waals surface area contributed by atoms with Gasteiger partial charge in [-0.2, -0.15) is 0 Å². The molecule has 0 aliphatic rings. The lowest BCUT2D eigenvalue weighted by Crippen LogP contribution is -2.30. The lowest BCUT2D eigenvalue weighted by molar-refractivity contribution is -0.142. The number of ether oxygens (including phenoxy) is 4. The van der Waals surface area contributed by atoms with E-state index in [2.05, 4.69) is 0 Å². The van der Waals surface area contributed by atoms with E-state index < -0.39 is 34.7 Å². The van der Waals surface area contributed by atoms with Crippen molar-refractivity contribution in [2.45, 2.75) is 45.8 Å². The monoisotopic (exact) mass is 542 g/mol. The van der Waals surface area contributed by atoms with E-state index in [1.807, 2.05) is 0 Å². The first-order valence-electron chi connectivity index (χ1n) is 12.2. The van der Waals surface area contributed by atoms with E-state index in [0.29, 0.717) is 22.6 Å². The number of aliphatic hydroxyl groups is 2. The number of carbonyl (C=O) groups is 4. The topological polar surface area (TPSA) is 146 Å². The van der Waals surface area contributed by atoms with Crippen LogP contribution < -0.4 is 9.47 Å². The molecule has 0 radical (unpaired) electrons. The molecule has 0 fully saturated rings. The Kier molecular flexibility index (Phi) is 10.9. The molecule has 0 atom stereocenters. The van der Waals surface area contributed by atoms with Crippen LogP contribution in [0.1, 0.15) is 55.3 Å². The molecule has 0 saturated carbocycles. The minimum Gasteiger partial charge on any atom is -0.490 e. The SMILES string of the molecule is C/C(=C/C(=O)OCCOc1ccc(C(=O)C(C)(C)O)cc1)C(=O)OCCOc1ccc(C(=O)C(C)(C)O)cc1. The van der Waals surface area contributed by atoms with Gasteiger partial charge in [-0.25, -0.2) is 9.59 Å². The van der Waals surface area contributed by atoms with Crippen LogP contribution in [0.5, 0.6) is 11.5 Å². The fraction of sp³-hybridized carbons (Fsp3) is 0.379. The van der Waals surface area contributed by atoms with Gasteiger partial charge in [0.15, 0.2) is 11.6 Å². The lowest BCUT2D eigenvalue weighted by Gasteiger charge is -2.15. The number of hydrogen-bond donors (Lipinski definition) is 2. The van der Waals surface area contributed by atoms with E-state index in [9.17, 15) is 29.4 Å². The van der Waals surface area contributed by atoms with Crippen molar-refractivity contribution in [3.8, 4) is 11.5 Å². The normalized spacial score (nSPS) is 11.9. The summed E-state index contributed by atoms with van der Waals surface area (Å²) in [4.78, 5) is 48.1. The molecule has 0 spiro atoms. The molecule has 0 heterocycles. The largest absolute Gasteiger partial charge is 0.490 e. The van der Waals surface area contributed by atoms with E-state index in [0.717, 1.165) is 6.08 Å². The third-order valence-corrected chi connectivity index (χ3v) is 5.18. The number of Topliss-reactive ketones (excluding diaryl/α,β-unsaturated/α-hetero) is 2. The van der Waals surface area contributed by atoms with Crippen molar-refractivity contribution in [2.75, 3.05) is 26.4 Å². The van der Waals surface area contributed by atoms with Crippen LogP contribution in [-0.2, 0) is 19.1 Å². The molecule has 0 saturated heterocycles. The zero-order valence-electron chi connectivity index (χ0n) is 22.7. The van der Waals surface area contributed by atoms with Gasteiger partial charge in [0.05, 0.1) is 0 Å². The van der Waals surface area contributed by atoms with Crippen LogP contribution in [0.3, 0.4) is 0 Å². The average Bonchev–Trinajstić information content (AvgIpc) is 2.87. The molecule has 2 rings (SSSR count). The fourth-order valence-electron chi connectivity index (χ4n) is 3.10. The van der Waals surface area contributed by atoms with E-state index >= 15 is 0 Å². The van der Waals surface area contributed by atoms with Crippen LogP contribution >= 0.6 is 0 Å². The molecule has 0 bridgehead atoms. The van der Waals surface area contributed by atoms with Crippen LogP contribution in [0, 0.1) is 0 Å². The third-order valence-electron chi connectivity index (χ3n) is 5.18. The van der Waals surface area contributed by atoms with Gasteiger partial charge in [-0.15, -0.1) is 0 Å². The van der Waals surface area contributed by atoms with Gasteiger partial charge in [0.2, 0.25) is 0 Å². The van der Waals surface area contributed by atoms with Crippen molar-refractivity contribution in [1.82, 2.24) is 0 Å². The second-order valence-corrected chi connectivity index (χ2v) is 9.65. The molecule has 2 aromatic carbocycles. The molecule has 210 valence electrons. The van der Waals surface area contributed by atoms with Crippen molar-refractivity contribution >= 4 is 23.5 Å². The highest BCUT2D eigenvalue weighted by atomic mass is 16.6. The molecular formula is C29H34O10. The highest BCUT2D eigenvalue weighted by Gasteiger charge is 2.25. The minimum atomic E-state index is -1.47. The molecule has 2 N–H and O–H groups in total. The maximum absolute atomic E-state index is 12.1. The number of hydrogen-bond acceptors (Lipinski definition) is 10.